The van der Waals surface area contributed by atoms with E-state index in [2.05, 4.69) is 19.7 Å². The molecule has 1 fully saturated rings. The van der Waals surface area contributed by atoms with Crippen LogP contribution < -0.4 is 0 Å². The molecule has 0 spiro atoms. The van der Waals surface area contributed by atoms with Crippen LogP contribution in [0.15, 0.2) is 0 Å². The molecule has 0 bridgehead atoms. The van der Waals surface area contributed by atoms with Crippen molar-refractivity contribution in [2.24, 2.45) is 0 Å². The van der Waals surface area contributed by atoms with Gasteiger partial charge in [0.1, 0.15) is 5.82 Å². The predicted molar refractivity (Wildman–Crippen MR) is 67.0 cm³/mol. The number of aromatic nitrogens is 3. The van der Waals surface area contributed by atoms with Gasteiger partial charge < -0.3 is 4.90 Å². The van der Waals surface area contributed by atoms with E-state index in [0.29, 0.717) is 0 Å². The Kier molecular flexibility index (Phi) is 3.41. The van der Waals surface area contributed by atoms with E-state index >= 15 is 0 Å². The topological polar surface area (TPSA) is 34.0 Å². The van der Waals surface area contributed by atoms with Gasteiger partial charge in [-0.05, 0) is 38.8 Å². The van der Waals surface area contributed by atoms with Gasteiger partial charge in [-0.3, -0.25) is 0 Å². The minimum atomic E-state index is 1.03. The summed E-state index contributed by atoms with van der Waals surface area (Å²) in [4.78, 5) is 7.22. The Morgan fingerprint density at radius 3 is 2.59 bits per heavy atom. The third kappa shape index (κ3) is 2.68. The number of fused-ring (bicyclic) bond motifs is 1. The third-order valence-corrected chi connectivity index (χ3v) is 3.91. The van der Waals surface area contributed by atoms with Crippen molar-refractivity contribution in [2.45, 2.75) is 51.5 Å². The lowest BCUT2D eigenvalue weighted by atomic mass is 10.1. The number of likely N-dealkylation sites (tertiary alicyclic amines) is 1. The summed E-state index contributed by atoms with van der Waals surface area (Å²) in [6.07, 6.45) is 8.84. The van der Waals surface area contributed by atoms with E-state index in [0.717, 1.165) is 31.8 Å². The summed E-state index contributed by atoms with van der Waals surface area (Å²) in [5.74, 6) is 2.28. The zero-order valence-corrected chi connectivity index (χ0v) is 10.6. The zero-order chi connectivity index (χ0) is 11.5. The molecule has 0 saturated carbocycles. The number of aryl methyl sites for hydroxylation is 2. The largest absolute Gasteiger partial charge is 0.303 e. The van der Waals surface area contributed by atoms with E-state index in [1.54, 1.807) is 0 Å². The number of hydrogen-bond donors (Lipinski definition) is 0. The standard InChI is InChI=1S/C13H22N4/c1-3-8-16(9-4-1)11-7-12-14-13-6-2-5-10-17(13)15-12/h1-11H2. The van der Waals surface area contributed by atoms with Crippen LogP contribution in [0.25, 0.3) is 0 Å². The minimum absolute atomic E-state index is 1.03. The van der Waals surface area contributed by atoms with Crippen molar-refractivity contribution in [2.75, 3.05) is 19.6 Å². The van der Waals surface area contributed by atoms with Crippen LogP contribution >= 0.6 is 0 Å². The van der Waals surface area contributed by atoms with Gasteiger partial charge in [-0.15, -0.1) is 0 Å². The second-order valence-electron chi connectivity index (χ2n) is 5.28. The molecule has 3 heterocycles. The molecule has 0 amide bonds. The molecule has 0 N–H and O–H groups in total. The first-order valence-electron chi connectivity index (χ1n) is 7.07. The molecule has 2 aliphatic heterocycles. The second-order valence-corrected chi connectivity index (χ2v) is 5.28. The highest BCUT2D eigenvalue weighted by Gasteiger charge is 2.15. The van der Waals surface area contributed by atoms with Gasteiger partial charge in [0.15, 0.2) is 5.82 Å². The number of nitrogens with zero attached hydrogens (tertiary/aromatic N) is 4. The van der Waals surface area contributed by atoms with E-state index in [4.69, 9.17) is 0 Å². The molecule has 1 aromatic rings. The molecular formula is C13H22N4. The van der Waals surface area contributed by atoms with Crippen LogP contribution in [0.1, 0.15) is 43.8 Å². The molecule has 94 valence electrons. The second kappa shape index (κ2) is 5.17. The van der Waals surface area contributed by atoms with Gasteiger partial charge in [0, 0.05) is 25.9 Å². The summed E-state index contributed by atoms with van der Waals surface area (Å²) in [7, 11) is 0. The van der Waals surface area contributed by atoms with E-state index in [1.807, 2.05) is 0 Å². The molecule has 0 unspecified atom stereocenters. The van der Waals surface area contributed by atoms with Crippen molar-refractivity contribution in [1.29, 1.82) is 0 Å². The van der Waals surface area contributed by atoms with Crippen LogP contribution in [-0.4, -0.2) is 39.3 Å². The maximum absolute atomic E-state index is 4.66. The Morgan fingerprint density at radius 1 is 0.941 bits per heavy atom. The summed E-state index contributed by atoms with van der Waals surface area (Å²) >= 11 is 0. The molecule has 3 rings (SSSR count). The van der Waals surface area contributed by atoms with Gasteiger partial charge in [-0.25, -0.2) is 9.67 Å². The van der Waals surface area contributed by atoms with Crippen molar-refractivity contribution in [3.05, 3.63) is 11.6 Å². The minimum Gasteiger partial charge on any atom is -0.303 e. The van der Waals surface area contributed by atoms with E-state index in [-0.39, 0.29) is 0 Å². The van der Waals surface area contributed by atoms with Crippen molar-refractivity contribution >= 4 is 0 Å². The Labute approximate surface area is 103 Å². The lowest BCUT2D eigenvalue weighted by Gasteiger charge is -2.25. The molecule has 17 heavy (non-hydrogen) atoms. The molecule has 0 aromatic carbocycles. The highest BCUT2D eigenvalue weighted by molar-refractivity contribution is 4.96. The lowest BCUT2D eigenvalue weighted by molar-refractivity contribution is 0.230. The summed E-state index contributed by atoms with van der Waals surface area (Å²) in [6, 6.07) is 0. The molecule has 1 aromatic heterocycles. The first-order valence-corrected chi connectivity index (χ1v) is 7.07. The van der Waals surface area contributed by atoms with Crippen LogP contribution in [0, 0.1) is 0 Å². The number of hydrogen-bond acceptors (Lipinski definition) is 3. The highest BCUT2D eigenvalue weighted by Crippen LogP contribution is 2.13. The Balaban J connectivity index is 1.55. The smallest absolute Gasteiger partial charge is 0.152 e. The average molecular weight is 234 g/mol. The summed E-state index contributed by atoms with van der Waals surface area (Å²) in [6.45, 7) is 4.76. The first kappa shape index (κ1) is 11.2. The highest BCUT2D eigenvalue weighted by atomic mass is 15.3. The maximum Gasteiger partial charge on any atom is 0.152 e. The van der Waals surface area contributed by atoms with Crippen molar-refractivity contribution in [1.82, 2.24) is 19.7 Å². The predicted octanol–water partition coefficient (Wildman–Crippen LogP) is 1.64. The fourth-order valence-electron chi connectivity index (χ4n) is 2.88. The van der Waals surface area contributed by atoms with E-state index in [9.17, 15) is 0 Å². The number of rotatable bonds is 3. The normalized spacial score (nSPS) is 21.4. The van der Waals surface area contributed by atoms with Crippen molar-refractivity contribution in [3.8, 4) is 0 Å². The van der Waals surface area contributed by atoms with Crippen molar-refractivity contribution in [3.63, 3.8) is 0 Å². The fraction of sp³-hybridized carbons (Fsp3) is 0.846. The summed E-state index contributed by atoms with van der Waals surface area (Å²) < 4.78 is 2.12. The van der Waals surface area contributed by atoms with E-state index < -0.39 is 0 Å². The fourth-order valence-corrected chi connectivity index (χ4v) is 2.88. The van der Waals surface area contributed by atoms with Crippen LogP contribution in [0.2, 0.25) is 0 Å². The van der Waals surface area contributed by atoms with Crippen LogP contribution in [0.3, 0.4) is 0 Å². The molecule has 4 nitrogen and oxygen atoms in total. The van der Waals surface area contributed by atoms with Crippen molar-refractivity contribution < 1.29 is 0 Å². The van der Waals surface area contributed by atoms with Crippen LogP contribution in [-0.2, 0) is 19.4 Å². The van der Waals surface area contributed by atoms with Crippen LogP contribution in [0.5, 0.6) is 0 Å². The first-order chi connectivity index (χ1) is 8.42. The Morgan fingerprint density at radius 2 is 1.76 bits per heavy atom. The maximum atomic E-state index is 4.66. The number of piperidine rings is 1. The van der Waals surface area contributed by atoms with Gasteiger partial charge in [0.25, 0.3) is 0 Å². The Bertz CT molecular complexity index is 342. The molecule has 1 saturated heterocycles. The third-order valence-electron chi connectivity index (χ3n) is 3.91. The molecule has 0 radical (unpaired) electrons. The van der Waals surface area contributed by atoms with E-state index in [1.165, 1.54) is 51.0 Å². The van der Waals surface area contributed by atoms with Gasteiger partial charge in [0.2, 0.25) is 0 Å². The average Bonchev–Trinajstić information content (AvgIpc) is 2.80. The quantitative estimate of drug-likeness (QED) is 0.797. The molecule has 4 heteroatoms. The van der Waals surface area contributed by atoms with Crippen LogP contribution in [0.4, 0.5) is 0 Å². The van der Waals surface area contributed by atoms with Gasteiger partial charge in [-0.2, -0.15) is 5.10 Å². The summed E-state index contributed by atoms with van der Waals surface area (Å²) in [5.41, 5.74) is 0. The van der Waals surface area contributed by atoms with Gasteiger partial charge >= 0.3 is 0 Å². The Hall–Kier alpha value is -0.900. The zero-order valence-electron chi connectivity index (χ0n) is 10.6. The van der Waals surface area contributed by atoms with Gasteiger partial charge in [0.05, 0.1) is 0 Å². The molecule has 0 aliphatic carbocycles. The summed E-state index contributed by atoms with van der Waals surface area (Å²) in [5, 5.41) is 4.61. The SMILES string of the molecule is C1CCN(CCc2nc3n(n2)CCCC3)CC1. The molecular weight excluding hydrogens is 212 g/mol. The lowest BCUT2D eigenvalue weighted by Crippen LogP contribution is -2.31. The molecule has 0 atom stereocenters. The van der Waals surface area contributed by atoms with Gasteiger partial charge in [-0.1, -0.05) is 6.42 Å². The monoisotopic (exact) mass is 234 g/mol. The molecule has 2 aliphatic rings.